The molecule has 0 bridgehead atoms. The van der Waals surface area contributed by atoms with Gasteiger partial charge in [0.25, 0.3) is 0 Å². The smallest absolute Gasteiger partial charge is 0.146 e. The molecule has 0 aromatic heterocycles. The predicted octanol–water partition coefficient (Wildman–Crippen LogP) is 3.72. The minimum absolute atomic E-state index is 0.124. The van der Waals surface area contributed by atoms with Crippen molar-refractivity contribution in [3.05, 3.63) is 29.6 Å². The van der Waals surface area contributed by atoms with Gasteiger partial charge < -0.3 is 15.0 Å². The Morgan fingerprint density at radius 3 is 2.91 bits per heavy atom. The highest BCUT2D eigenvalue weighted by Crippen LogP contribution is 2.21. The molecular formula is C18H29FN2O. The molecule has 124 valence electrons. The van der Waals surface area contributed by atoms with Gasteiger partial charge in [-0.3, -0.25) is 0 Å². The molecule has 1 aromatic rings. The SMILES string of the molecule is CCCCN(CC)c1cc(CNCC2CCCO2)ccc1F. The van der Waals surface area contributed by atoms with Crippen molar-refractivity contribution in [3.8, 4) is 0 Å². The van der Waals surface area contributed by atoms with Crippen LogP contribution in [0, 0.1) is 5.82 Å². The van der Waals surface area contributed by atoms with Crippen LogP contribution in [0.3, 0.4) is 0 Å². The van der Waals surface area contributed by atoms with Gasteiger partial charge in [-0.25, -0.2) is 4.39 Å². The van der Waals surface area contributed by atoms with Crippen molar-refractivity contribution in [2.75, 3.05) is 31.1 Å². The van der Waals surface area contributed by atoms with Crippen LogP contribution in [-0.2, 0) is 11.3 Å². The minimum atomic E-state index is -0.124. The summed E-state index contributed by atoms with van der Waals surface area (Å²) in [5, 5.41) is 3.42. The Bertz CT molecular complexity index is 447. The Hall–Kier alpha value is -1.13. The largest absolute Gasteiger partial charge is 0.377 e. The minimum Gasteiger partial charge on any atom is -0.377 e. The summed E-state index contributed by atoms with van der Waals surface area (Å²) in [6.07, 6.45) is 4.87. The lowest BCUT2D eigenvalue weighted by Gasteiger charge is -2.24. The first-order valence-corrected chi connectivity index (χ1v) is 8.60. The normalized spacial score (nSPS) is 17.9. The van der Waals surface area contributed by atoms with E-state index in [1.807, 2.05) is 12.1 Å². The molecule has 22 heavy (non-hydrogen) atoms. The number of unbranched alkanes of at least 4 members (excludes halogenated alkanes) is 1. The van der Waals surface area contributed by atoms with Gasteiger partial charge >= 0.3 is 0 Å². The van der Waals surface area contributed by atoms with Gasteiger partial charge in [-0.15, -0.1) is 0 Å². The monoisotopic (exact) mass is 308 g/mol. The van der Waals surface area contributed by atoms with E-state index in [1.165, 1.54) is 0 Å². The maximum absolute atomic E-state index is 14.1. The van der Waals surface area contributed by atoms with Crippen LogP contribution in [0.2, 0.25) is 0 Å². The summed E-state index contributed by atoms with van der Waals surface area (Å²) in [5.41, 5.74) is 1.86. The van der Waals surface area contributed by atoms with Crippen LogP contribution in [0.15, 0.2) is 18.2 Å². The summed E-state index contributed by atoms with van der Waals surface area (Å²) in [6, 6.07) is 5.44. The van der Waals surface area contributed by atoms with Crippen LogP contribution in [0.5, 0.6) is 0 Å². The van der Waals surface area contributed by atoms with Crippen molar-refractivity contribution in [2.24, 2.45) is 0 Å². The molecule has 1 N–H and O–H groups in total. The number of anilines is 1. The standard InChI is InChI=1S/C18H29FN2O/c1-3-5-10-21(4-2)18-12-15(8-9-17(18)19)13-20-14-16-7-6-11-22-16/h8-9,12,16,20H,3-7,10-11,13-14H2,1-2H3. The third-order valence-corrected chi connectivity index (χ3v) is 4.24. The molecule has 1 unspecified atom stereocenters. The van der Waals surface area contributed by atoms with Crippen LogP contribution in [-0.4, -0.2) is 32.3 Å². The second-order valence-electron chi connectivity index (χ2n) is 5.98. The van der Waals surface area contributed by atoms with E-state index in [2.05, 4.69) is 24.1 Å². The highest BCUT2D eigenvalue weighted by atomic mass is 19.1. The van der Waals surface area contributed by atoms with Crippen LogP contribution < -0.4 is 10.2 Å². The average Bonchev–Trinajstić information content (AvgIpc) is 3.04. The second-order valence-corrected chi connectivity index (χ2v) is 5.98. The molecule has 0 saturated carbocycles. The van der Waals surface area contributed by atoms with Gasteiger partial charge in [0.2, 0.25) is 0 Å². The molecule has 1 saturated heterocycles. The second kappa shape index (κ2) is 9.11. The Morgan fingerprint density at radius 1 is 1.36 bits per heavy atom. The summed E-state index contributed by atoms with van der Waals surface area (Å²) in [4.78, 5) is 2.13. The van der Waals surface area contributed by atoms with E-state index in [9.17, 15) is 4.39 Å². The molecule has 0 radical (unpaired) electrons. The van der Waals surface area contributed by atoms with Gasteiger partial charge in [-0.1, -0.05) is 19.4 Å². The van der Waals surface area contributed by atoms with Gasteiger partial charge in [-0.05, 0) is 43.9 Å². The van der Waals surface area contributed by atoms with Crippen molar-refractivity contribution >= 4 is 5.69 Å². The van der Waals surface area contributed by atoms with E-state index in [0.29, 0.717) is 6.10 Å². The topological polar surface area (TPSA) is 24.5 Å². The molecule has 0 spiro atoms. The third-order valence-electron chi connectivity index (χ3n) is 4.24. The lowest BCUT2D eigenvalue weighted by Crippen LogP contribution is -2.27. The third kappa shape index (κ3) is 4.96. The van der Waals surface area contributed by atoms with Gasteiger partial charge in [0, 0.05) is 32.8 Å². The number of hydrogen-bond acceptors (Lipinski definition) is 3. The number of hydrogen-bond donors (Lipinski definition) is 1. The van der Waals surface area contributed by atoms with E-state index in [4.69, 9.17) is 4.74 Å². The summed E-state index contributed by atoms with van der Waals surface area (Å²) >= 11 is 0. The molecule has 0 aliphatic carbocycles. The lowest BCUT2D eigenvalue weighted by atomic mass is 10.1. The van der Waals surface area contributed by atoms with Gasteiger partial charge in [0.1, 0.15) is 5.82 Å². The van der Waals surface area contributed by atoms with E-state index in [1.54, 1.807) is 6.07 Å². The van der Waals surface area contributed by atoms with Crippen LogP contribution in [0.25, 0.3) is 0 Å². The summed E-state index contributed by atoms with van der Waals surface area (Å²) < 4.78 is 19.7. The molecule has 1 atom stereocenters. The molecule has 1 aromatic carbocycles. The Balaban J connectivity index is 1.92. The molecule has 3 nitrogen and oxygen atoms in total. The van der Waals surface area contributed by atoms with Crippen molar-refractivity contribution in [1.82, 2.24) is 5.32 Å². The molecule has 0 amide bonds. The number of ether oxygens (including phenoxy) is 1. The van der Waals surface area contributed by atoms with E-state index in [-0.39, 0.29) is 5.82 Å². The van der Waals surface area contributed by atoms with E-state index in [0.717, 1.165) is 69.7 Å². The Kier molecular flexibility index (Phi) is 7.13. The number of halogens is 1. The van der Waals surface area contributed by atoms with Crippen molar-refractivity contribution < 1.29 is 9.13 Å². The van der Waals surface area contributed by atoms with Gasteiger partial charge in [0.05, 0.1) is 11.8 Å². The van der Waals surface area contributed by atoms with Crippen LogP contribution in [0.1, 0.15) is 45.1 Å². The van der Waals surface area contributed by atoms with Crippen molar-refractivity contribution in [2.45, 2.75) is 52.2 Å². The Morgan fingerprint density at radius 2 is 2.23 bits per heavy atom. The fourth-order valence-electron chi connectivity index (χ4n) is 2.89. The molecule has 2 rings (SSSR count). The van der Waals surface area contributed by atoms with Crippen LogP contribution in [0.4, 0.5) is 10.1 Å². The predicted molar refractivity (Wildman–Crippen MR) is 89.9 cm³/mol. The van der Waals surface area contributed by atoms with E-state index >= 15 is 0 Å². The zero-order chi connectivity index (χ0) is 15.8. The molecule has 1 aliphatic rings. The summed E-state index contributed by atoms with van der Waals surface area (Å²) in [5.74, 6) is -0.124. The van der Waals surface area contributed by atoms with E-state index < -0.39 is 0 Å². The van der Waals surface area contributed by atoms with Gasteiger partial charge in [0.15, 0.2) is 0 Å². The number of benzene rings is 1. The zero-order valence-corrected chi connectivity index (χ0v) is 13.9. The first-order valence-electron chi connectivity index (χ1n) is 8.60. The van der Waals surface area contributed by atoms with Crippen molar-refractivity contribution in [1.29, 1.82) is 0 Å². The fourth-order valence-corrected chi connectivity index (χ4v) is 2.89. The van der Waals surface area contributed by atoms with Crippen molar-refractivity contribution in [3.63, 3.8) is 0 Å². The number of nitrogens with zero attached hydrogens (tertiary/aromatic N) is 1. The Labute approximate surface area is 133 Å². The summed E-state index contributed by atoms with van der Waals surface area (Å²) in [7, 11) is 0. The fraction of sp³-hybridized carbons (Fsp3) is 0.667. The molecule has 1 fully saturated rings. The zero-order valence-electron chi connectivity index (χ0n) is 13.9. The first kappa shape index (κ1) is 17.2. The van der Waals surface area contributed by atoms with Crippen LogP contribution >= 0.6 is 0 Å². The first-order chi connectivity index (χ1) is 10.7. The lowest BCUT2D eigenvalue weighted by molar-refractivity contribution is 0.110. The number of nitrogens with one attached hydrogen (secondary N) is 1. The maximum atomic E-state index is 14.1. The molecular weight excluding hydrogens is 279 g/mol. The maximum Gasteiger partial charge on any atom is 0.146 e. The molecule has 4 heteroatoms. The summed E-state index contributed by atoms with van der Waals surface area (Å²) in [6.45, 7) is 8.52. The molecule has 1 heterocycles. The highest BCUT2D eigenvalue weighted by molar-refractivity contribution is 5.50. The quantitative estimate of drug-likeness (QED) is 0.752. The average molecular weight is 308 g/mol. The number of rotatable bonds is 9. The van der Waals surface area contributed by atoms with Gasteiger partial charge in [-0.2, -0.15) is 0 Å². The molecule has 1 aliphatic heterocycles. The highest BCUT2D eigenvalue weighted by Gasteiger charge is 2.15.